The van der Waals surface area contributed by atoms with E-state index in [1.807, 2.05) is 0 Å². The van der Waals surface area contributed by atoms with Crippen LogP contribution < -0.4 is 15.9 Å². The number of hydrogen-bond donors (Lipinski definition) is 3. The van der Waals surface area contributed by atoms with E-state index in [9.17, 15) is 9.82 Å². The maximum Gasteiger partial charge on any atom is 0.495 e. The van der Waals surface area contributed by atoms with Gasteiger partial charge in [-0.1, -0.05) is 12.1 Å². The summed E-state index contributed by atoms with van der Waals surface area (Å²) in [4.78, 5) is 10.7. The molecule has 0 spiro atoms. The lowest BCUT2D eigenvalue weighted by molar-refractivity contribution is -0.138. The molecule has 1 heterocycles. The van der Waals surface area contributed by atoms with Gasteiger partial charge in [-0.05, 0) is 18.1 Å². The Morgan fingerprint density at radius 2 is 2.28 bits per heavy atom. The number of carbonyl (C=O) groups is 1. The molecule has 2 rings (SSSR count). The lowest BCUT2D eigenvalue weighted by Gasteiger charge is -2.11. The van der Waals surface area contributed by atoms with Crippen LogP contribution in [0.5, 0.6) is 5.75 Å². The molecule has 0 aromatic heterocycles. The van der Waals surface area contributed by atoms with Crippen molar-refractivity contribution in [3.8, 4) is 5.75 Å². The summed E-state index contributed by atoms with van der Waals surface area (Å²) in [5.41, 5.74) is 6.76. The summed E-state index contributed by atoms with van der Waals surface area (Å²) in [6.45, 7) is 0.651. The molecule has 0 radical (unpaired) electrons. The van der Waals surface area contributed by atoms with Gasteiger partial charge in [0.1, 0.15) is 18.4 Å². The van der Waals surface area contributed by atoms with Gasteiger partial charge in [-0.25, -0.2) is 0 Å². The Balaban J connectivity index is 2.21. The summed E-state index contributed by atoms with van der Waals surface area (Å²) in [5, 5.41) is 18.4. The average Bonchev–Trinajstić information content (AvgIpc) is 2.51. The largest absolute Gasteiger partial charge is 0.495 e. The zero-order valence-electron chi connectivity index (χ0n) is 9.70. The summed E-state index contributed by atoms with van der Waals surface area (Å²) in [6, 6.07) is 4.11. The molecule has 0 fully saturated rings. The fourth-order valence-corrected chi connectivity index (χ4v) is 1.78. The van der Waals surface area contributed by atoms with Crippen LogP contribution in [0, 0.1) is 0 Å². The molecule has 0 saturated heterocycles. The van der Waals surface area contributed by atoms with Crippen LogP contribution in [0.15, 0.2) is 18.2 Å². The third-order valence-corrected chi connectivity index (χ3v) is 2.73. The second kappa shape index (κ2) is 5.39. The minimum atomic E-state index is -1.05. The molecule has 1 aromatic rings. The highest BCUT2D eigenvalue weighted by Crippen LogP contribution is 2.15. The molecule has 0 bridgehead atoms. The van der Waals surface area contributed by atoms with Crippen LogP contribution in [-0.4, -0.2) is 42.5 Å². The van der Waals surface area contributed by atoms with Crippen molar-refractivity contribution in [1.29, 1.82) is 0 Å². The number of rotatable bonds is 3. The van der Waals surface area contributed by atoms with Crippen molar-refractivity contribution in [3.63, 3.8) is 0 Å². The molecule has 1 atom stereocenters. The zero-order chi connectivity index (χ0) is 13.1. The van der Waals surface area contributed by atoms with E-state index in [1.54, 1.807) is 18.2 Å². The number of nitrogens with two attached hydrogens (primary N) is 1. The van der Waals surface area contributed by atoms with Gasteiger partial charge >= 0.3 is 13.1 Å². The molecular weight excluding hydrogens is 237 g/mol. The van der Waals surface area contributed by atoms with Crippen LogP contribution in [0.3, 0.4) is 0 Å². The van der Waals surface area contributed by atoms with Crippen molar-refractivity contribution in [2.45, 2.75) is 12.5 Å². The second-order valence-electron chi connectivity index (χ2n) is 4.09. The van der Waals surface area contributed by atoms with E-state index in [1.165, 1.54) is 0 Å². The Hall–Kier alpha value is -1.57. The number of ether oxygens (including phenoxy) is 1. The molecule has 1 aliphatic heterocycles. The quantitative estimate of drug-likeness (QED) is 0.579. The molecule has 6 nitrogen and oxygen atoms in total. The average molecular weight is 251 g/mol. The molecule has 96 valence electrons. The molecule has 4 N–H and O–H groups in total. The number of carboxylic acids is 1. The Kier molecular flexibility index (Phi) is 3.85. The molecule has 0 aliphatic carbocycles. The first-order valence-corrected chi connectivity index (χ1v) is 5.61. The maximum absolute atomic E-state index is 10.7. The van der Waals surface area contributed by atoms with E-state index in [0.717, 1.165) is 5.56 Å². The fourth-order valence-electron chi connectivity index (χ4n) is 1.78. The van der Waals surface area contributed by atoms with E-state index >= 15 is 0 Å². The van der Waals surface area contributed by atoms with Gasteiger partial charge in [0.25, 0.3) is 0 Å². The van der Waals surface area contributed by atoms with Crippen LogP contribution in [0.25, 0.3) is 0 Å². The summed E-state index contributed by atoms with van der Waals surface area (Å²) < 4.78 is 10.5. The Morgan fingerprint density at radius 1 is 1.50 bits per heavy atom. The van der Waals surface area contributed by atoms with E-state index in [4.69, 9.17) is 20.2 Å². The standard InChI is InChI=1S/C11H14BNO5/c13-9(11(14)15)5-7-1-2-8-10(6-7)17-3-4-18-12(8)16/h1-2,6,9,16H,3-5,13H2,(H,14,15). The summed E-state index contributed by atoms with van der Waals surface area (Å²) in [5.74, 6) is -0.538. The van der Waals surface area contributed by atoms with Gasteiger partial charge < -0.3 is 25.3 Å². The highest BCUT2D eigenvalue weighted by atomic mass is 16.6. The smallest absolute Gasteiger partial charge is 0.492 e. The number of fused-ring (bicyclic) bond motifs is 1. The monoisotopic (exact) mass is 251 g/mol. The predicted octanol–water partition coefficient (Wildman–Crippen LogP) is -1.26. The van der Waals surface area contributed by atoms with Crippen molar-refractivity contribution in [2.75, 3.05) is 13.2 Å². The Morgan fingerprint density at radius 3 is 3.00 bits per heavy atom. The van der Waals surface area contributed by atoms with Gasteiger partial charge in [-0.2, -0.15) is 0 Å². The van der Waals surface area contributed by atoms with Gasteiger partial charge in [-0.3, -0.25) is 4.79 Å². The lowest BCUT2D eigenvalue weighted by Crippen LogP contribution is -2.34. The van der Waals surface area contributed by atoms with E-state index < -0.39 is 19.1 Å². The highest BCUT2D eigenvalue weighted by Gasteiger charge is 2.24. The number of benzene rings is 1. The molecule has 7 heteroatoms. The van der Waals surface area contributed by atoms with Crippen molar-refractivity contribution in [3.05, 3.63) is 23.8 Å². The van der Waals surface area contributed by atoms with Gasteiger partial charge in [0.15, 0.2) is 0 Å². The number of carboxylic acid groups (broad SMARTS) is 1. The highest BCUT2D eigenvalue weighted by molar-refractivity contribution is 6.61. The van der Waals surface area contributed by atoms with Crippen LogP contribution in [0.4, 0.5) is 0 Å². The molecule has 1 aromatic carbocycles. The van der Waals surface area contributed by atoms with Gasteiger partial charge in [0, 0.05) is 5.46 Å². The molecule has 0 saturated carbocycles. The molecular formula is C11H14BNO5. The summed E-state index contributed by atoms with van der Waals surface area (Å²) >= 11 is 0. The Bertz CT molecular complexity index is 453. The van der Waals surface area contributed by atoms with Crippen LogP contribution in [0.2, 0.25) is 0 Å². The van der Waals surface area contributed by atoms with Crippen molar-refractivity contribution in [2.24, 2.45) is 5.73 Å². The van der Waals surface area contributed by atoms with E-state index in [2.05, 4.69) is 0 Å². The SMILES string of the molecule is NC(Cc1ccc2c(c1)OCCOB2O)C(=O)O. The van der Waals surface area contributed by atoms with Crippen molar-refractivity contribution >= 4 is 18.6 Å². The fraction of sp³-hybridized carbons (Fsp3) is 0.364. The minimum absolute atomic E-state index is 0.211. The summed E-state index contributed by atoms with van der Waals surface area (Å²) in [7, 11) is -1.01. The topological polar surface area (TPSA) is 102 Å². The van der Waals surface area contributed by atoms with E-state index in [-0.39, 0.29) is 6.42 Å². The number of hydrogen-bond acceptors (Lipinski definition) is 5. The molecule has 1 aliphatic rings. The summed E-state index contributed by atoms with van der Waals surface area (Å²) in [6.07, 6.45) is 0.211. The first-order chi connectivity index (χ1) is 8.58. The van der Waals surface area contributed by atoms with Crippen LogP contribution in [-0.2, 0) is 15.9 Å². The molecule has 18 heavy (non-hydrogen) atoms. The van der Waals surface area contributed by atoms with Crippen molar-refractivity contribution < 1.29 is 24.3 Å². The third-order valence-electron chi connectivity index (χ3n) is 2.73. The van der Waals surface area contributed by atoms with Crippen LogP contribution >= 0.6 is 0 Å². The predicted molar refractivity (Wildman–Crippen MR) is 64.8 cm³/mol. The van der Waals surface area contributed by atoms with E-state index in [0.29, 0.717) is 24.4 Å². The second-order valence-corrected chi connectivity index (χ2v) is 4.09. The minimum Gasteiger partial charge on any atom is -0.492 e. The van der Waals surface area contributed by atoms with Crippen molar-refractivity contribution in [1.82, 2.24) is 0 Å². The zero-order valence-corrected chi connectivity index (χ0v) is 9.70. The van der Waals surface area contributed by atoms with Gasteiger partial charge in [0.05, 0.1) is 6.61 Å². The Labute approximate surface area is 104 Å². The molecule has 1 unspecified atom stereocenters. The normalized spacial score (nSPS) is 16.4. The maximum atomic E-state index is 10.7. The van der Waals surface area contributed by atoms with Gasteiger partial charge in [0.2, 0.25) is 0 Å². The first kappa shape index (κ1) is 12.9. The number of aliphatic carboxylic acids is 1. The van der Waals surface area contributed by atoms with Crippen LogP contribution in [0.1, 0.15) is 5.56 Å². The van der Waals surface area contributed by atoms with Gasteiger partial charge in [-0.15, -0.1) is 0 Å². The third kappa shape index (κ3) is 2.81. The molecule has 0 amide bonds. The first-order valence-electron chi connectivity index (χ1n) is 5.61. The lowest BCUT2D eigenvalue weighted by atomic mass is 9.78.